The highest BCUT2D eigenvalue weighted by molar-refractivity contribution is 5.21. The highest BCUT2D eigenvalue weighted by Gasteiger charge is 2.18. The Morgan fingerprint density at radius 2 is 1.93 bits per heavy atom. The zero-order valence-electron chi connectivity index (χ0n) is 9.66. The van der Waals surface area contributed by atoms with E-state index in [2.05, 4.69) is 48.5 Å². The van der Waals surface area contributed by atoms with Gasteiger partial charge in [0.1, 0.15) is 0 Å². The first kappa shape index (κ1) is 10.7. The van der Waals surface area contributed by atoms with Gasteiger partial charge in [-0.25, -0.2) is 0 Å². The summed E-state index contributed by atoms with van der Waals surface area (Å²) in [5.74, 6) is 0.862. The molecule has 1 aliphatic rings. The Bertz CT molecular complexity index is 301. The van der Waals surface area contributed by atoms with Crippen molar-refractivity contribution in [2.45, 2.75) is 13.5 Å². The van der Waals surface area contributed by atoms with E-state index in [0.717, 1.165) is 12.5 Å². The second-order valence-electron chi connectivity index (χ2n) is 4.71. The second kappa shape index (κ2) is 4.77. The number of hydrogen-bond donors (Lipinski definition) is 1. The van der Waals surface area contributed by atoms with Crippen LogP contribution in [0, 0.1) is 12.8 Å². The molecule has 0 saturated carbocycles. The minimum absolute atomic E-state index is 0.862. The quantitative estimate of drug-likeness (QED) is 0.802. The molecule has 0 amide bonds. The van der Waals surface area contributed by atoms with Crippen molar-refractivity contribution in [2.75, 3.05) is 26.7 Å². The molecule has 0 bridgehead atoms. The summed E-state index contributed by atoms with van der Waals surface area (Å²) in [5, 5.41) is 3.31. The molecular formula is C13H20N2. The van der Waals surface area contributed by atoms with Crippen LogP contribution in [0.15, 0.2) is 24.3 Å². The monoisotopic (exact) mass is 204 g/mol. The Morgan fingerprint density at radius 3 is 2.47 bits per heavy atom. The summed E-state index contributed by atoms with van der Waals surface area (Å²) in [6, 6.07) is 8.83. The molecule has 15 heavy (non-hydrogen) atoms. The molecule has 1 heterocycles. The molecule has 1 aromatic rings. The fraction of sp³-hybridized carbons (Fsp3) is 0.538. The summed E-state index contributed by atoms with van der Waals surface area (Å²) in [7, 11) is 2.21. The first-order valence-electron chi connectivity index (χ1n) is 5.69. The van der Waals surface area contributed by atoms with Crippen molar-refractivity contribution in [3.63, 3.8) is 0 Å². The second-order valence-corrected chi connectivity index (χ2v) is 4.71. The van der Waals surface area contributed by atoms with E-state index >= 15 is 0 Å². The molecule has 2 nitrogen and oxygen atoms in total. The Morgan fingerprint density at radius 1 is 1.27 bits per heavy atom. The zero-order chi connectivity index (χ0) is 10.7. The number of aryl methyl sites for hydroxylation is 1. The van der Waals surface area contributed by atoms with Crippen LogP contribution in [0.1, 0.15) is 11.1 Å². The van der Waals surface area contributed by atoms with Crippen LogP contribution in [0.5, 0.6) is 0 Å². The van der Waals surface area contributed by atoms with Crippen molar-refractivity contribution in [1.29, 1.82) is 0 Å². The Kier molecular flexibility index (Phi) is 3.39. The van der Waals surface area contributed by atoms with Gasteiger partial charge in [-0.15, -0.1) is 0 Å². The molecule has 0 aliphatic carbocycles. The fourth-order valence-electron chi connectivity index (χ4n) is 1.99. The molecule has 82 valence electrons. The van der Waals surface area contributed by atoms with E-state index in [1.54, 1.807) is 0 Å². The van der Waals surface area contributed by atoms with Crippen LogP contribution in [-0.2, 0) is 6.54 Å². The van der Waals surface area contributed by atoms with Crippen LogP contribution in [-0.4, -0.2) is 31.6 Å². The number of nitrogens with zero attached hydrogens (tertiary/aromatic N) is 1. The van der Waals surface area contributed by atoms with Crippen molar-refractivity contribution in [2.24, 2.45) is 5.92 Å². The average molecular weight is 204 g/mol. The van der Waals surface area contributed by atoms with Crippen molar-refractivity contribution < 1.29 is 0 Å². The molecule has 0 spiro atoms. The molecule has 0 aromatic heterocycles. The smallest absolute Gasteiger partial charge is 0.0230 e. The maximum atomic E-state index is 3.31. The number of hydrogen-bond acceptors (Lipinski definition) is 2. The maximum Gasteiger partial charge on any atom is 0.0230 e. The largest absolute Gasteiger partial charge is 0.316 e. The lowest BCUT2D eigenvalue weighted by Gasteiger charge is -2.31. The van der Waals surface area contributed by atoms with Crippen LogP contribution in [0.3, 0.4) is 0 Å². The van der Waals surface area contributed by atoms with Gasteiger partial charge in [0.15, 0.2) is 0 Å². The van der Waals surface area contributed by atoms with E-state index in [1.165, 1.54) is 30.8 Å². The Labute approximate surface area is 92.3 Å². The zero-order valence-corrected chi connectivity index (χ0v) is 9.66. The van der Waals surface area contributed by atoms with E-state index in [0.29, 0.717) is 0 Å². The predicted molar refractivity (Wildman–Crippen MR) is 63.9 cm³/mol. The van der Waals surface area contributed by atoms with E-state index < -0.39 is 0 Å². The molecule has 1 saturated heterocycles. The Hall–Kier alpha value is -0.860. The lowest BCUT2D eigenvalue weighted by atomic mass is 10.0. The third-order valence-corrected chi connectivity index (χ3v) is 3.01. The summed E-state index contributed by atoms with van der Waals surface area (Å²) in [6.45, 7) is 6.79. The highest BCUT2D eigenvalue weighted by Crippen LogP contribution is 2.09. The first-order valence-corrected chi connectivity index (χ1v) is 5.69. The van der Waals surface area contributed by atoms with Gasteiger partial charge in [-0.3, -0.25) is 0 Å². The normalized spacial score (nSPS) is 16.7. The summed E-state index contributed by atoms with van der Waals surface area (Å²) in [4.78, 5) is 2.41. The summed E-state index contributed by atoms with van der Waals surface area (Å²) in [6.07, 6.45) is 0. The minimum Gasteiger partial charge on any atom is -0.316 e. The Balaban J connectivity index is 1.82. The highest BCUT2D eigenvalue weighted by atomic mass is 15.1. The molecule has 1 N–H and O–H groups in total. The standard InChI is InChI=1S/C13H20N2/c1-11-3-5-12(6-4-11)9-15(2)10-13-7-14-8-13/h3-6,13-14H,7-10H2,1-2H3. The van der Waals surface area contributed by atoms with Gasteiger partial charge in [-0.1, -0.05) is 29.8 Å². The number of benzene rings is 1. The van der Waals surface area contributed by atoms with E-state index in [9.17, 15) is 0 Å². The minimum atomic E-state index is 0.862. The van der Waals surface area contributed by atoms with Gasteiger partial charge in [0.05, 0.1) is 0 Å². The average Bonchev–Trinajstić information content (AvgIpc) is 2.16. The van der Waals surface area contributed by atoms with Crippen molar-refractivity contribution >= 4 is 0 Å². The fourth-order valence-corrected chi connectivity index (χ4v) is 1.99. The van der Waals surface area contributed by atoms with Gasteiger partial charge >= 0.3 is 0 Å². The molecular weight excluding hydrogens is 184 g/mol. The summed E-state index contributed by atoms with van der Waals surface area (Å²) in [5.41, 5.74) is 2.75. The molecule has 0 radical (unpaired) electrons. The van der Waals surface area contributed by atoms with Gasteiger partial charge in [0.2, 0.25) is 0 Å². The van der Waals surface area contributed by atoms with Gasteiger partial charge in [-0.2, -0.15) is 0 Å². The molecule has 1 fully saturated rings. The van der Waals surface area contributed by atoms with Crippen molar-refractivity contribution in [3.8, 4) is 0 Å². The third-order valence-electron chi connectivity index (χ3n) is 3.01. The van der Waals surface area contributed by atoms with Crippen LogP contribution in [0.4, 0.5) is 0 Å². The molecule has 0 unspecified atom stereocenters. The molecule has 1 aliphatic heterocycles. The topological polar surface area (TPSA) is 15.3 Å². The van der Waals surface area contributed by atoms with Crippen LogP contribution in [0.2, 0.25) is 0 Å². The van der Waals surface area contributed by atoms with Crippen LogP contribution < -0.4 is 5.32 Å². The predicted octanol–water partition coefficient (Wildman–Crippen LogP) is 1.65. The van der Waals surface area contributed by atoms with Gasteiger partial charge in [0.25, 0.3) is 0 Å². The van der Waals surface area contributed by atoms with E-state index in [-0.39, 0.29) is 0 Å². The third kappa shape index (κ3) is 3.05. The lowest BCUT2D eigenvalue weighted by molar-refractivity contribution is 0.218. The van der Waals surface area contributed by atoms with E-state index in [1.807, 2.05) is 0 Å². The first-order chi connectivity index (χ1) is 7.24. The van der Waals surface area contributed by atoms with E-state index in [4.69, 9.17) is 0 Å². The van der Waals surface area contributed by atoms with Gasteiger partial charge in [-0.05, 0) is 25.5 Å². The van der Waals surface area contributed by atoms with Crippen LogP contribution >= 0.6 is 0 Å². The number of rotatable bonds is 4. The number of nitrogens with one attached hydrogen (secondary N) is 1. The maximum absolute atomic E-state index is 3.31. The summed E-state index contributed by atoms with van der Waals surface area (Å²) < 4.78 is 0. The molecule has 2 heteroatoms. The van der Waals surface area contributed by atoms with Crippen molar-refractivity contribution in [1.82, 2.24) is 10.2 Å². The molecule has 2 rings (SSSR count). The van der Waals surface area contributed by atoms with Gasteiger partial charge < -0.3 is 10.2 Å². The molecule has 0 atom stereocenters. The van der Waals surface area contributed by atoms with Gasteiger partial charge in [0, 0.05) is 26.2 Å². The summed E-state index contributed by atoms with van der Waals surface area (Å²) >= 11 is 0. The lowest BCUT2D eigenvalue weighted by Crippen LogP contribution is -2.47. The molecule has 1 aromatic carbocycles. The SMILES string of the molecule is Cc1ccc(CN(C)CC2CNC2)cc1. The van der Waals surface area contributed by atoms with Crippen molar-refractivity contribution in [3.05, 3.63) is 35.4 Å². The van der Waals surface area contributed by atoms with Crippen LogP contribution in [0.25, 0.3) is 0 Å².